The summed E-state index contributed by atoms with van der Waals surface area (Å²) in [6.45, 7) is 0.462. The van der Waals surface area contributed by atoms with Gasteiger partial charge in [0.2, 0.25) is 0 Å². The number of rotatable bonds is 5. The molecule has 0 saturated heterocycles. The van der Waals surface area contributed by atoms with Gasteiger partial charge in [-0.25, -0.2) is 0 Å². The van der Waals surface area contributed by atoms with Crippen LogP contribution in [0, 0.1) is 0 Å². The second-order valence-electron chi connectivity index (χ2n) is 5.19. The zero-order valence-electron chi connectivity index (χ0n) is 11.6. The molecule has 4 heteroatoms. The zero-order chi connectivity index (χ0) is 14.8. The highest BCUT2D eigenvalue weighted by molar-refractivity contribution is 6.07. The molecule has 0 radical (unpaired) electrons. The number of para-hydroxylation sites is 1. The lowest BCUT2D eigenvalue weighted by Gasteiger charge is -2.15. The molecular formula is C17H17NO3. The summed E-state index contributed by atoms with van der Waals surface area (Å²) in [5, 5.41) is 11.2. The maximum Gasteiger partial charge on any atom is 0.303 e. The fourth-order valence-electron chi connectivity index (χ4n) is 2.92. The molecule has 3 N–H and O–H groups in total. The number of carboxylic acids is 1. The summed E-state index contributed by atoms with van der Waals surface area (Å²) >= 11 is 0. The Bertz CT molecular complexity index is 791. The van der Waals surface area contributed by atoms with Gasteiger partial charge in [0.05, 0.1) is 6.42 Å². The fraction of sp³-hybridized carbons (Fsp3) is 0.235. The molecule has 3 aromatic rings. The number of carboxylic acid groups (broad SMARTS) is 1. The van der Waals surface area contributed by atoms with Crippen LogP contribution in [0.4, 0.5) is 0 Å². The largest absolute Gasteiger partial charge is 0.481 e. The lowest BCUT2D eigenvalue weighted by molar-refractivity contribution is -0.137. The summed E-state index contributed by atoms with van der Waals surface area (Å²) in [6, 6.07) is 13.6. The molecule has 21 heavy (non-hydrogen) atoms. The number of nitrogens with two attached hydrogens (primary N) is 1. The number of benzene rings is 2. The van der Waals surface area contributed by atoms with Gasteiger partial charge >= 0.3 is 5.97 Å². The predicted molar refractivity (Wildman–Crippen MR) is 82.4 cm³/mol. The Labute approximate surface area is 122 Å². The van der Waals surface area contributed by atoms with E-state index in [1.165, 1.54) is 0 Å². The van der Waals surface area contributed by atoms with Crippen molar-refractivity contribution in [3.63, 3.8) is 0 Å². The van der Waals surface area contributed by atoms with Crippen LogP contribution in [0.25, 0.3) is 21.9 Å². The van der Waals surface area contributed by atoms with Crippen LogP contribution >= 0.6 is 0 Å². The standard InChI is InChI=1S/C17H17NO3/c18-9-8-11(10-16(19)20)12-5-3-7-15-17(12)13-4-1-2-6-14(13)21-15/h1-7,11H,8-10,18H2,(H,19,20). The van der Waals surface area contributed by atoms with Crippen molar-refractivity contribution in [1.29, 1.82) is 0 Å². The van der Waals surface area contributed by atoms with E-state index in [2.05, 4.69) is 0 Å². The maximum absolute atomic E-state index is 11.1. The van der Waals surface area contributed by atoms with Crippen molar-refractivity contribution < 1.29 is 14.3 Å². The van der Waals surface area contributed by atoms with E-state index in [-0.39, 0.29) is 12.3 Å². The highest BCUT2D eigenvalue weighted by atomic mass is 16.4. The average Bonchev–Trinajstić information content (AvgIpc) is 2.85. The Balaban J connectivity index is 2.22. The summed E-state index contributed by atoms with van der Waals surface area (Å²) in [6.07, 6.45) is 0.723. The van der Waals surface area contributed by atoms with E-state index >= 15 is 0 Å². The third-order valence-electron chi connectivity index (χ3n) is 3.81. The molecule has 2 aromatic carbocycles. The van der Waals surface area contributed by atoms with Gasteiger partial charge in [0, 0.05) is 10.8 Å². The van der Waals surface area contributed by atoms with Gasteiger partial charge in [-0.15, -0.1) is 0 Å². The maximum atomic E-state index is 11.1. The Kier molecular flexibility index (Phi) is 3.62. The minimum absolute atomic E-state index is 0.0792. The van der Waals surface area contributed by atoms with Gasteiger partial charge < -0.3 is 15.3 Å². The molecule has 1 aromatic heterocycles. The summed E-state index contributed by atoms with van der Waals surface area (Å²) in [5.41, 5.74) is 8.28. The first-order valence-electron chi connectivity index (χ1n) is 7.02. The molecule has 0 aliphatic heterocycles. The third kappa shape index (κ3) is 2.50. The van der Waals surface area contributed by atoms with Crippen molar-refractivity contribution in [2.75, 3.05) is 6.54 Å². The first kappa shape index (κ1) is 13.6. The fourth-order valence-corrected chi connectivity index (χ4v) is 2.92. The normalized spacial score (nSPS) is 12.8. The van der Waals surface area contributed by atoms with Gasteiger partial charge in [-0.3, -0.25) is 4.79 Å². The second kappa shape index (κ2) is 5.58. The molecule has 1 atom stereocenters. The summed E-state index contributed by atoms with van der Waals surface area (Å²) in [4.78, 5) is 11.1. The molecule has 0 fully saturated rings. The minimum Gasteiger partial charge on any atom is -0.481 e. The van der Waals surface area contributed by atoms with E-state index in [0.717, 1.165) is 27.5 Å². The van der Waals surface area contributed by atoms with E-state index in [9.17, 15) is 4.79 Å². The lowest BCUT2D eigenvalue weighted by atomic mass is 9.89. The SMILES string of the molecule is NCCC(CC(=O)O)c1cccc2oc3ccccc3c12. The van der Waals surface area contributed by atoms with Crippen LogP contribution in [0.15, 0.2) is 46.9 Å². The summed E-state index contributed by atoms with van der Waals surface area (Å²) in [7, 11) is 0. The number of hydrogen-bond acceptors (Lipinski definition) is 3. The predicted octanol–water partition coefficient (Wildman–Crippen LogP) is 3.49. The molecule has 1 unspecified atom stereocenters. The number of hydrogen-bond donors (Lipinski definition) is 2. The van der Waals surface area contributed by atoms with Crippen LogP contribution in [-0.2, 0) is 4.79 Å². The van der Waals surface area contributed by atoms with E-state index in [0.29, 0.717) is 13.0 Å². The first-order valence-corrected chi connectivity index (χ1v) is 7.02. The van der Waals surface area contributed by atoms with Crippen LogP contribution < -0.4 is 5.73 Å². The Hall–Kier alpha value is -2.33. The number of furan rings is 1. The Morgan fingerprint density at radius 1 is 1.14 bits per heavy atom. The topological polar surface area (TPSA) is 76.5 Å². The molecule has 0 saturated carbocycles. The molecule has 0 aliphatic rings. The van der Waals surface area contributed by atoms with Gasteiger partial charge in [-0.2, -0.15) is 0 Å². The number of aliphatic carboxylic acids is 1. The highest BCUT2D eigenvalue weighted by Crippen LogP contribution is 2.36. The van der Waals surface area contributed by atoms with Crippen molar-refractivity contribution in [1.82, 2.24) is 0 Å². The molecule has 108 valence electrons. The number of fused-ring (bicyclic) bond motifs is 3. The van der Waals surface area contributed by atoms with E-state index in [1.54, 1.807) is 0 Å². The molecule has 0 spiro atoms. The first-order chi connectivity index (χ1) is 10.2. The van der Waals surface area contributed by atoms with Gasteiger partial charge in [0.15, 0.2) is 0 Å². The van der Waals surface area contributed by atoms with Gasteiger partial charge in [0.25, 0.3) is 0 Å². The zero-order valence-corrected chi connectivity index (χ0v) is 11.6. The van der Waals surface area contributed by atoms with Gasteiger partial charge in [-0.1, -0.05) is 30.3 Å². The van der Waals surface area contributed by atoms with Crippen LogP contribution in [0.5, 0.6) is 0 Å². The highest BCUT2D eigenvalue weighted by Gasteiger charge is 2.20. The van der Waals surface area contributed by atoms with Crippen molar-refractivity contribution in [2.24, 2.45) is 5.73 Å². The molecule has 1 heterocycles. The van der Waals surface area contributed by atoms with Gasteiger partial charge in [-0.05, 0) is 36.6 Å². The van der Waals surface area contributed by atoms with Crippen molar-refractivity contribution >= 4 is 27.9 Å². The quantitative estimate of drug-likeness (QED) is 0.751. The van der Waals surface area contributed by atoms with Crippen LogP contribution in [0.3, 0.4) is 0 Å². The summed E-state index contributed by atoms with van der Waals surface area (Å²) in [5.74, 6) is -0.907. The smallest absolute Gasteiger partial charge is 0.303 e. The van der Waals surface area contributed by atoms with E-state index in [4.69, 9.17) is 15.3 Å². The molecule has 0 bridgehead atoms. The molecular weight excluding hydrogens is 266 g/mol. The molecule has 0 amide bonds. The second-order valence-corrected chi connectivity index (χ2v) is 5.19. The minimum atomic E-state index is -0.807. The van der Waals surface area contributed by atoms with Gasteiger partial charge in [0.1, 0.15) is 11.2 Å². The Morgan fingerprint density at radius 2 is 1.90 bits per heavy atom. The Morgan fingerprint density at radius 3 is 2.67 bits per heavy atom. The lowest BCUT2D eigenvalue weighted by Crippen LogP contribution is -2.12. The average molecular weight is 283 g/mol. The van der Waals surface area contributed by atoms with Crippen LogP contribution in [0.1, 0.15) is 24.3 Å². The monoisotopic (exact) mass is 283 g/mol. The van der Waals surface area contributed by atoms with E-state index in [1.807, 2.05) is 42.5 Å². The van der Waals surface area contributed by atoms with Crippen LogP contribution in [0.2, 0.25) is 0 Å². The van der Waals surface area contributed by atoms with Crippen molar-refractivity contribution in [3.8, 4) is 0 Å². The molecule has 3 rings (SSSR count). The summed E-state index contributed by atoms with van der Waals surface area (Å²) < 4.78 is 5.85. The molecule has 4 nitrogen and oxygen atoms in total. The third-order valence-corrected chi connectivity index (χ3v) is 3.81. The number of carbonyl (C=O) groups is 1. The van der Waals surface area contributed by atoms with Crippen molar-refractivity contribution in [2.45, 2.75) is 18.8 Å². The van der Waals surface area contributed by atoms with Crippen LogP contribution in [-0.4, -0.2) is 17.6 Å². The molecule has 0 aliphatic carbocycles. The van der Waals surface area contributed by atoms with Crippen molar-refractivity contribution in [3.05, 3.63) is 48.0 Å². The van der Waals surface area contributed by atoms with E-state index < -0.39 is 5.97 Å².